The largest absolute Gasteiger partial charge is 0.343 e. The molecule has 3 heterocycles. The third kappa shape index (κ3) is 2.91. The molecule has 1 aromatic carbocycles. The fraction of sp³-hybridized carbons (Fsp3) is 0.316. The third-order valence-electron chi connectivity index (χ3n) is 4.78. The number of H-pyrrole nitrogens is 1. The Bertz CT molecular complexity index is 826. The van der Waals surface area contributed by atoms with Crippen molar-refractivity contribution in [2.75, 3.05) is 13.1 Å². The summed E-state index contributed by atoms with van der Waals surface area (Å²) in [7, 11) is 0. The summed E-state index contributed by atoms with van der Waals surface area (Å²) in [4.78, 5) is 9.94. The van der Waals surface area contributed by atoms with E-state index in [0.717, 1.165) is 43.0 Å². The van der Waals surface area contributed by atoms with E-state index in [1.54, 1.807) is 18.3 Å². The van der Waals surface area contributed by atoms with Crippen molar-refractivity contribution >= 4 is 11.0 Å². The fourth-order valence-electron chi connectivity index (χ4n) is 3.56. The number of nitrogens with one attached hydrogen (secondary N) is 1. The van der Waals surface area contributed by atoms with Crippen molar-refractivity contribution < 1.29 is 8.78 Å². The molecule has 1 fully saturated rings. The summed E-state index contributed by atoms with van der Waals surface area (Å²) < 4.78 is 27.3. The van der Waals surface area contributed by atoms with E-state index in [1.807, 2.05) is 12.1 Å². The van der Waals surface area contributed by atoms with E-state index in [-0.39, 0.29) is 0 Å². The topological polar surface area (TPSA) is 31.9 Å². The van der Waals surface area contributed by atoms with Gasteiger partial charge in [-0.25, -0.2) is 13.8 Å². The molecule has 0 aliphatic carbocycles. The summed E-state index contributed by atoms with van der Waals surface area (Å²) >= 11 is 0. The molecule has 0 radical (unpaired) electrons. The van der Waals surface area contributed by atoms with E-state index < -0.39 is 11.6 Å². The Balaban J connectivity index is 1.52. The van der Waals surface area contributed by atoms with Crippen LogP contribution in [0.3, 0.4) is 0 Å². The van der Waals surface area contributed by atoms with Gasteiger partial charge in [-0.3, -0.25) is 4.90 Å². The van der Waals surface area contributed by atoms with Crippen LogP contribution in [0.5, 0.6) is 0 Å². The number of pyridine rings is 1. The highest BCUT2D eigenvalue weighted by Gasteiger charge is 2.24. The van der Waals surface area contributed by atoms with Crippen molar-refractivity contribution in [1.82, 2.24) is 14.9 Å². The summed E-state index contributed by atoms with van der Waals surface area (Å²) in [5.74, 6) is -1.14. The number of rotatable bonds is 3. The van der Waals surface area contributed by atoms with E-state index in [4.69, 9.17) is 0 Å². The molecule has 1 atom stereocenters. The Morgan fingerprint density at radius 1 is 1.21 bits per heavy atom. The van der Waals surface area contributed by atoms with Gasteiger partial charge in [-0.1, -0.05) is 12.1 Å². The molecule has 3 aromatic rings. The number of hydrogen-bond acceptors (Lipinski definition) is 2. The summed E-state index contributed by atoms with van der Waals surface area (Å²) in [6.45, 7) is 2.19. The van der Waals surface area contributed by atoms with Crippen LogP contribution in [0, 0.1) is 11.6 Å². The zero-order valence-electron chi connectivity index (χ0n) is 13.3. The minimum absolute atomic E-state index is 0.365. The molecule has 1 saturated heterocycles. The van der Waals surface area contributed by atoms with Gasteiger partial charge in [0, 0.05) is 41.8 Å². The van der Waals surface area contributed by atoms with E-state index in [2.05, 4.69) is 20.9 Å². The summed E-state index contributed by atoms with van der Waals surface area (Å²) in [5.41, 5.74) is 2.50. The van der Waals surface area contributed by atoms with Gasteiger partial charge in [0.1, 0.15) is 5.65 Å². The maximum absolute atomic E-state index is 13.9. The predicted molar refractivity (Wildman–Crippen MR) is 89.7 cm³/mol. The first kappa shape index (κ1) is 15.3. The van der Waals surface area contributed by atoms with Crippen molar-refractivity contribution in [3.8, 4) is 0 Å². The molecule has 24 heavy (non-hydrogen) atoms. The molecule has 0 saturated carbocycles. The number of aromatic amines is 1. The Morgan fingerprint density at radius 3 is 3.00 bits per heavy atom. The lowest BCUT2D eigenvalue weighted by Crippen LogP contribution is -2.34. The number of benzene rings is 1. The second-order valence-electron chi connectivity index (χ2n) is 6.45. The van der Waals surface area contributed by atoms with Gasteiger partial charge in [0.25, 0.3) is 0 Å². The van der Waals surface area contributed by atoms with Crippen LogP contribution in [0.2, 0.25) is 0 Å². The van der Waals surface area contributed by atoms with E-state index in [0.29, 0.717) is 18.0 Å². The maximum atomic E-state index is 13.9. The summed E-state index contributed by atoms with van der Waals surface area (Å²) in [6.07, 6.45) is 3.92. The quantitative estimate of drug-likeness (QED) is 0.781. The van der Waals surface area contributed by atoms with Gasteiger partial charge in [0.05, 0.1) is 0 Å². The number of nitrogens with zero attached hydrogens (tertiary/aromatic N) is 2. The highest BCUT2D eigenvalue weighted by molar-refractivity contribution is 5.76. The number of aromatic nitrogens is 2. The lowest BCUT2D eigenvalue weighted by atomic mass is 9.94. The maximum Gasteiger partial charge on any atom is 0.163 e. The Kier molecular flexibility index (Phi) is 4.02. The van der Waals surface area contributed by atoms with Crippen LogP contribution in [0.15, 0.2) is 42.6 Å². The minimum Gasteiger partial charge on any atom is -0.343 e. The van der Waals surface area contributed by atoms with Crippen molar-refractivity contribution in [3.63, 3.8) is 0 Å². The van der Waals surface area contributed by atoms with Crippen LogP contribution in [-0.2, 0) is 6.54 Å². The first-order chi connectivity index (χ1) is 11.7. The van der Waals surface area contributed by atoms with Gasteiger partial charge in [-0.15, -0.1) is 0 Å². The molecular weight excluding hydrogens is 308 g/mol. The Hall–Kier alpha value is -2.27. The Labute approximate surface area is 139 Å². The molecule has 124 valence electrons. The van der Waals surface area contributed by atoms with Crippen LogP contribution in [0.25, 0.3) is 11.0 Å². The molecule has 1 aliphatic heterocycles. The molecule has 0 bridgehead atoms. The van der Waals surface area contributed by atoms with Gasteiger partial charge in [-0.2, -0.15) is 0 Å². The van der Waals surface area contributed by atoms with E-state index >= 15 is 0 Å². The average Bonchev–Trinajstić information content (AvgIpc) is 3.03. The number of likely N-dealkylation sites (tertiary alicyclic amines) is 1. The fourth-order valence-corrected chi connectivity index (χ4v) is 3.56. The second kappa shape index (κ2) is 6.32. The van der Waals surface area contributed by atoms with Gasteiger partial charge >= 0.3 is 0 Å². The average molecular weight is 327 g/mol. The van der Waals surface area contributed by atoms with Crippen LogP contribution in [0.1, 0.15) is 30.0 Å². The molecule has 4 rings (SSSR count). The van der Waals surface area contributed by atoms with Crippen molar-refractivity contribution in [2.45, 2.75) is 25.3 Å². The number of fused-ring (bicyclic) bond motifs is 1. The number of hydrogen-bond donors (Lipinski definition) is 1. The highest BCUT2D eigenvalue weighted by Crippen LogP contribution is 2.29. The lowest BCUT2D eigenvalue weighted by molar-refractivity contribution is 0.196. The SMILES string of the molecule is Fc1cccc(CN2CCC[C@H](c3cc4cccnc4[nH]3)C2)c1F. The smallest absolute Gasteiger partial charge is 0.163 e. The van der Waals surface area contributed by atoms with Gasteiger partial charge in [0.15, 0.2) is 11.6 Å². The van der Waals surface area contributed by atoms with Crippen LogP contribution >= 0.6 is 0 Å². The normalized spacial score (nSPS) is 19.0. The molecule has 0 unspecified atom stereocenters. The molecule has 0 spiro atoms. The molecule has 1 aliphatic rings. The predicted octanol–water partition coefficient (Wildman–Crippen LogP) is 4.22. The lowest BCUT2D eigenvalue weighted by Gasteiger charge is -2.32. The van der Waals surface area contributed by atoms with Gasteiger partial charge < -0.3 is 4.98 Å². The molecular formula is C19H19F2N3. The zero-order chi connectivity index (χ0) is 16.5. The first-order valence-electron chi connectivity index (χ1n) is 8.29. The van der Waals surface area contributed by atoms with Crippen LogP contribution in [-0.4, -0.2) is 28.0 Å². The zero-order valence-corrected chi connectivity index (χ0v) is 13.3. The van der Waals surface area contributed by atoms with Crippen LogP contribution < -0.4 is 0 Å². The van der Waals surface area contributed by atoms with Crippen LogP contribution in [0.4, 0.5) is 8.78 Å². The summed E-state index contributed by atoms with van der Waals surface area (Å²) in [6, 6.07) is 10.5. The van der Waals surface area contributed by atoms with E-state index in [9.17, 15) is 8.78 Å². The first-order valence-corrected chi connectivity index (χ1v) is 8.29. The highest BCUT2D eigenvalue weighted by atomic mass is 19.2. The van der Waals surface area contributed by atoms with Gasteiger partial charge in [-0.05, 0) is 43.7 Å². The number of halogens is 2. The monoisotopic (exact) mass is 327 g/mol. The van der Waals surface area contributed by atoms with Gasteiger partial charge in [0.2, 0.25) is 0 Å². The Morgan fingerprint density at radius 2 is 2.12 bits per heavy atom. The second-order valence-corrected chi connectivity index (χ2v) is 6.45. The van der Waals surface area contributed by atoms with E-state index in [1.165, 1.54) is 5.69 Å². The molecule has 0 amide bonds. The standard InChI is InChI=1S/C19H19F2N3/c20-16-7-1-4-15(18(16)21)12-24-9-3-6-14(11-24)17-10-13-5-2-8-22-19(13)23-17/h1-2,4-5,7-8,10,14H,3,6,9,11-12H2,(H,22,23)/t14-/m0/s1. The molecule has 5 heteroatoms. The van der Waals surface area contributed by atoms with Crippen molar-refractivity contribution in [2.24, 2.45) is 0 Å². The van der Waals surface area contributed by atoms with Crippen molar-refractivity contribution in [1.29, 1.82) is 0 Å². The minimum atomic E-state index is -0.775. The summed E-state index contributed by atoms with van der Waals surface area (Å²) in [5, 5.41) is 1.11. The molecule has 3 nitrogen and oxygen atoms in total. The third-order valence-corrected chi connectivity index (χ3v) is 4.78. The molecule has 1 N–H and O–H groups in total. The molecule has 2 aromatic heterocycles. The van der Waals surface area contributed by atoms with Crippen molar-refractivity contribution in [3.05, 3.63) is 65.5 Å². The number of piperidine rings is 1.